The molecule has 94 valence electrons. The average molecular weight is 274 g/mol. The molecule has 1 aliphatic heterocycles. The number of nitrogens with one attached hydrogen (secondary N) is 1. The molecule has 1 heterocycles. The molecule has 1 aliphatic rings. The van der Waals surface area contributed by atoms with E-state index in [1.54, 1.807) is 36.4 Å². The molecular weight excluding hydrogens is 265 g/mol. The Balaban J connectivity index is 2.06. The van der Waals surface area contributed by atoms with Gasteiger partial charge in [-0.3, -0.25) is 4.79 Å². The lowest BCUT2D eigenvalue weighted by Gasteiger charge is -1.99. The van der Waals surface area contributed by atoms with E-state index in [0.29, 0.717) is 16.3 Å². The Bertz CT molecular complexity index is 692. The Morgan fingerprint density at radius 1 is 1.11 bits per heavy atom. The summed E-state index contributed by atoms with van der Waals surface area (Å²) in [6, 6.07) is 11.2. The van der Waals surface area contributed by atoms with Crippen molar-refractivity contribution in [3.63, 3.8) is 0 Å². The largest absolute Gasteiger partial charge is 0.321 e. The van der Waals surface area contributed by atoms with Crippen LogP contribution in [0.3, 0.4) is 0 Å². The Morgan fingerprint density at radius 3 is 2.58 bits per heavy atom. The number of rotatable bonds is 1. The predicted molar refractivity (Wildman–Crippen MR) is 74.4 cm³/mol. The zero-order valence-electron chi connectivity index (χ0n) is 9.78. The van der Waals surface area contributed by atoms with Crippen molar-refractivity contribution in [1.82, 2.24) is 0 Å². The van der Waals surface area contributed by atoms with E-state index in [2.05, 4.69) is 5.32 Å². The molecule has 0 unspecified atom stereocenters. The Morgan fingerprint density at radius 2 is 1.84 bits per heavy atom. The molecule has 0 atom stereocenters. The van der Waals surface area contributed by atoms with Crippen LogP contribution in [0.1, 0.15) is 11.1 Å². The summed E-state index contributed by atoms with van der Waals surface area (Å²) in [6.45, 7) is 0. The van der Waals surface area contributed by atoms with Gasteiger partial charge in [0.05, 0.1) is 5.69 Å². The van der Waals surface area contributed by atoms with E-state index in [0.717, 1.165) is 11.1 Å². The lowest BCUT2D eigenvalue weighted by Crippen LogP contribution is -2.03. The van der Waals surface area contributed by atoms with E-state index < -0.39 is 0 Å². The van der Waals surface area contributed by atoms with Crippen LogP contribution < -0.4 is 5.32 Å². The van der Waals surface area contributed by atoms with E-state index >= 15 is 0 Å². The van der Waals surface area contributed by atoms with Crippen molar-refractivity contribution in [3.05, 3.63) is 64.4 Å². The van der Waals surface area contributed by atoms with Crippen LogP contribution in [0.15, 0.2) is 42.5 Å². The number of halogens is 2. The van der Waals surface area contributed by atoms with Crippen LogP contribution in [0, 0.1) is 5.82 Å². The highest BCUT2D eigenvalue weighted by Gasteiger charge is 2.23. The zero-order valence-corrected chi connectivity index (χ0v) is 10.5. The Labute approximate surface area is 114 Å². The summed E-state index contributed by atoms with van der Waals surface area (Å²) in [5.74, 6) is -0.480. The summed E-state index contributed by atoms with van der Waals surface area (Å²) in [5.41, 5.74) is 2.83. The number of fused-ring (bicyclic) bond motifs is 1. The van der Waals surface area contributed by atoms with Gasteiger partial charge in [-0.25, -0.2) is 4.39 Å². The molecule has 0 bridgehead atoms. The fourth-order valence-electron chi connectivity index (χ4n) is 2.04. The molecule has 2 aromatic rings. The van der Waals surface area contributed by atoms with Crippen LogP contribution in [0.4, 0.5) is 10.1 Å². The molecule has 0 fully saturated rings. The highest BCUT2D eigenvalue weighted by Crippen LogP contribution is 2.34. The molecule has 0 saturated heterocycles. The summed E-state index contributed by atoms with van der Waals surface area (Å²) in [6.07, 6.45) is 1.73. The summed E-state index contributed by atoms with van der Waals surface area (Å²) in [5, 5.41) is 3.33. The molecule has 2 nitrogen and oxygen atoms in total. The van der Waals surface area contributed by atoms with Gasteiger partial charge in [0.2, 0.25) is 0 Å². The molecule has 0 radical (unpaired) electrons. The number of benzene rings is 2. The molecular formula is C15H9ClFNO. The van der Waals surface area contributed by atoms with E-state index in [9.17, 15) is 9.18 Å². The fourth-order valence-corrected chi connectivity index (χ4v) is 2.21. The van der Waals surface area contributed by atoms with Gasteiger partial charge in [0, 0.05) is 16.2 Å². The minimum absolute atomic E-state index is 0.179. The first kappa shape index (κ1) is 11.9. The minimum atomic E-state index is -0.301. The lowest BCUT2D eigenvalue weighted by atomic mass is 10.0. The van der Waals surface area contributed by atoms with Gasteiger partial charge in [0.1, 0.15) is 5.82 Å². The maximum atomic E-state index is 12.8. The summed E-state index contributed by atoms with van der Waals surface area (Å²) in [7, 11) is 0. The van der Waals surface area contributed by atoms with Crippen LogP contribution in [-0.4, -0.2) is 5.91 Å². The predicted octanol–water partition coefficient (Wildman–Crippen LogP) is 3.97. The van der Waals surface area contributed by atoms with Crippen molar-refractivity contribution < 1.29 is 9.18 Å². The zero-order chi connectivity index (χ0) is 13.4. The Hall–Kier alpha value is -2.13. The number of hydrogen-bond donors (Lipinski definition) is 1. The molecule has 2 aromatic carbocycles. The number of anilines is 1. The second-order valence-corrected chi connectivity index (χ2v) is 4.69. The van der Waals surface area contributed by atoms with Gasteiger partial charge in [-0.1, -0.05) is 29.8 Å². The monoisotopic (exact) mass is 273 g/mol. The summed E-state index contributed by atoms with van der Waals surface area (Å²) >= 11 is 5.88. The van der Waals surface area contributed by atoms with Gasteiger partial charge in [-0.2, -0.15) is 0 Å². The van der Waals surface area contributed by atoms with Crippen molar-refractivity contribution in [2.24, 2.45) is 0 Å². The molecule has 3 rings (SSSR count). The smallest absolute Gasteiger partial charge is 0.256 e. The van der Waals surface area contributed by atoms with E-state index in [1.807, 2.05) is 0 Å². The first-order valence-electron chi connectivity index (χ1n) is 5.72. The molecule has 0 spiro atoms. The maximum Gasteiger partial charge on any atom is 0.256 e. The second-order valence-electron chi connectivity index (χ2n) is 4.25. The van der Waals surface area contributed by atoms with Gasteiger partial charge in [0.15, 0.2) is 0 Å². The van der Waals surface area contributed by atoms with Gasteiger partial charge in [-0.15, -0.1) is 0 Å². The number of hydrogen-bond acceptors (Lipinski definition) is 1. The van der Waals surface area contributed by atoms with Crippen LogP contribution in [0.2, 0.25) is 5.02 Å². The van der Waals surface area contributed by atoms with Gasteiger partial charge < -0.3 is 5.32 Å². The van der Waals surface area contributed by atoms with Gasteiger partial charge in [0.25, 0.3) is 5.91 Å². The van der Waals surface area contributed by atoms with Crippen LogP contribution in [-0.2, 0) is 4.79 Å². The molecule has 1 N–H and O–H groups in total. The number of amides is 1. The Kier molecular flexibility index (Phi) is 2.84. The highest BCUT2D eigenvalue weighted by molar-refractivity contribution is 6.36. The third-order valence-corrected chi connectivity index (χ3v) is 3.18. The quantitative estimate of drug-likeness (QED) is 0.783. The molecule has 0 saturated carbocycles. The van der Waals surface area contributed by atoms with Crippen molar-refractivity contribution >= 4 is 34.8 Å². The lowest BCUT2D eigenvalue weighted by molar-refractivity contribution is -0.110. The molecule has 4 heteroatoms. The minimum Gasteiger partial charge on any atom is -0.321 e. The molecule has 0 aliphatic carbocycles. The van der Waals surface area contributed by atoms with E-state index in [4.69, 9.17) is 11.6 Å². The molecule has 1 amide bonds. The van der Waals surface area contributed by atoms with Crippen molar-refractivity contribution in [3.8, 4) is 0 Å². The number of carbonyl (C=O) groups excluding carboxylic acids is 1. The summed E-state index contributed by atoms with van der Waals surface area (Å²) < 4.78 is 12.8. The van der Waals surface area contributed by atoms with Crippen LogP contribution in [0.5, 0.6) is 0 Å². The second kappa shape index (κ2) is 4.52. The van der Waals surface area contributed by atoms with E-state index in [1.165, 1.54) is 12.1 Å². The molecule has 19 heavy (non-hydrogen) atoms. The first-order valence-corrected chi connectivity index (χ1v) is 6.10. The van der Waals surface area contributed by atoms with Crippen molar-refractivity contribution in [2.75, 3.05) is 5.32 Å². The number of carbonyl (C=O) groups is 1. The van der Waals surface area contributed by atoms with Crippen molar-refractivity contribution in [1.29, 1.82) is 0 Å². The van der Waals surface area contributed by atoms with Crippen LogP contribution in [0.25, 0.3) is 11.6 Å². The summed E-state index contributed by atoms with van der Waals surface area (Å²) in [4.78, 5) is 11.9. The fraction of sp³-hybridized carbons (Fsp3) is 0. The normalized spacial score (nSPS) is 15.5. The first-order chi connectivity index (χ1) is 9.13. The van der Waals surface area contributed by atoms with Gasteiger partial charge >= 0.3 is 0 Å². The highest BCUT2D eigenvalue weighted by atomic mass is 35.5. The standard InChI is InChI=1S/C15H9ClFNO/c16-10-3-6-12-13(15(19)18-14(12)8-10)7-9-1-4-11(17)5-2-9/h1-8H,(H,18,19). The van der Waals surface area contributed by atoms with Gasteiger partial charge in [-0.05, 0) is 35.9 Å². The third kappa shape index (κ3) is 2.25. The molecule has 0 aromatic heterocycles. The van der Waals surface area contributed by atoms with Crippen LogP contribution >= 0.6 is 11.6 Å². The van der Waals surface area contributed by atoms with Crippen molar-refractivity contribution in [2.45, 2.75) is 0 Å². The topological polar surface area (TPSA) is 29.1 Å². The third-order valence-electron chi connectivity index (χ3n) is 2.95. The van der Waals surface area contributed by atoms with E-state index in [-0.39, 0.29) is 11.7 Å². The maximum absolute atomic E-state index is 12.8. The average Bonchev–Trinajstić information content (AvgIpc) is 2.68. The SMILES string of the molecule is O=C1Nc2cc(Cl)ccc2C1=Cc1ccc(F)cc1.